The number of nitrogens with zero attached hydrogens (tertiary/aromatic N) is 1. The number of carbonyl (C=O) groups excluding carboxylic acids is 1. The third kappa shape index (κ3) is 6.13. The van der Waals surface area contributed by atoms with E-state index in [9.17, 15) is 18.0 Å². The molecule has 0 atom stereocenters. The van der Waals surface area contributed by atoms with Crippen LogP contribution in [-0.2, 0) is 6.54 Å². The van der Waals surface area contributed by atoms with Crippen LogP contribution in [0.5, 0.6) is 0 Å². The highest BCUT2D eigenvalue weighted by Gasteiger charge is 2.32. The van der Waals surface area contributed by atoms with Crippen molar-refractivity contribution in [1.29, 1.82) is 0 Å². The molecule has 1 fully saturated rings. The highest BCUT2D eigenvalue weighted by Crippen LogP contribution is 2.24. The van der Waals surface area contributed by atoms with Crippen molar-refractivity contribution in [3.8, 4) is 0 Å². The molecule has 0 unspecified atom stereocenters. The summed E-state index contributed by atoms with van der Waals surface area (Å²) in [5.41, 5.74) is 7.08. The molecule has 1 aromatic rings. The van der Waals surface area contributed by atoms with Gasteiger partial charge in [0.05, 0.1) is 6.54 Å². The minimum Gasteiger partial charge on any atom is -0.352 e. The molecule has 0 aromatic heterocycles. The minimum atomic E-state index is -4.12. The predicted molar refractivity (Wildman–Crippen MR) is 86.5 cm³/mol. The number of nitrogens with one attached hydrogen (secondary N) is 1. The summed E-state index contributed by atoms with van der Waals surface area (Å²) in [6.07, 6.45) is -1.83. The van der Waals surface area contributed by atoms with Crippen LogP contribution < -0.4 is 11.1 Å². The number of piperidine rings is 1. The van der Waals surface area contributed by atoms with Crippen LogP contribution in [0.2, 0.25) is 0 Å². The van der Waals surface area contributed by atoms with Gasteiger partial charge in [-0.2, -0.15) is 13.2 Å². The summed E-state index contributed by atoms with van der Waals surface area (Å²) >= 11 is 0. The number of rotatable bonds is 6. The summed E-state index contributed by atoms with van der Waals surface area (Å²) in [5, 5.41) is 2.87. The van der Waals surface area contributed by atoms with Crippen LogP contribution in [0.1, 0.15) is 35.2 Å². The number of hydrogen-bond acceptors (Lipinski definition) is 3. The predicted octanol–water partition coefficient (Wildman–Crippen LogP) is 2.54. The van der Waals surface area contributed by atoms with Gasteiger partial charge in [0.2, 0.25) is 0 Å². The van der Waals surface area contributed by atoms with E-state index in [4.69, 9.17) is 5.73 Å². The largest absolute Gasteiger partial charge is 0.401 e. The van der Waals surface area contributed by atoms with Gasteiger partial charge in [0.25, 0.3) is 5.91 Å². The molecule has 0 aliphatic carbocycles. The SMILES string of the molecule is NCc1ccc(C(=O)NCCC2CCN(CC(F)(F)F)CC2)cc1. The van der Waals surface area contributed by atoms with Gasteiger partial charge in [0.15, 0.2) is 0 Å². The number of alkyl halides is 3. The van der Waals surface area contributed by atoms with Gasteiger partial charge in [0, 0.05) is 18.7 Å². The Morgan fingerprint density at radius 3 is 2.38 bits per heavy atom. The summed E-state index contributed by atoms with van der Waals surface area (Å²) in [6.45, 7) is 1.10. The quantitative estimate of drug-likeness (QED) is 0.835. The molecule has 1 saturated heterocycles. The van der Waals surface area contributed by atoms with Crippen molar-refractivity contribution < 1.29 is 18.0 Å². The zero-order valence-electron chi connectivity index (χ0n) is 13.6. The molecule has 1 aliphatic heterocycles. The average Bonchev–Trinajstić information content (AvgIpc) is 2.55. The van der Waals surface area contributed by atoms with Crippen LogP contribution in [0.4, 0.5) is 13.2 Å². The van der Waals surface area contributed by atoms with Crippen LogP contribution in [-0.4, -0.2) is 43.2 Å². The molecular weight excluding hydrogens is 319 g/mol. The summed E-state index contributed by atoms with van der Waals surface area (Å²) in [7, 11) is 0. The van der Waals surface area contributed by atoms with Crippen molar-refractivity contribution in [3.63, 3.8) is 0 Å². The fourth-order valence-corrected chi connectivity index (χ4v) is 2.97. The van der Waals surface area contributed by atoms with Crippen molar-refractivity contribution in [2.75, 3.05) is 26.2 Å². The van der Waals surface area contributed by atoms with Gasteiger partial charge < -0.3 is 11.1 Å². The second kappa shape index (κ2) is 8.48. The van der Waals surface area contributed by atoms with E-state index in [0.29, 0.717) is 37.7 Å². The average molecular weight is 343 g/mol. The number of hydrogen-bond donors (Lipinski definition) is 2. The van der Waals surface area contributed by atoms with Crippen molar-refractivity contribution in [2.24, 2.45) is 11.7 Å². The Morgan fingerprint density at radius 1 is 1.21 bits per heavy atom. The minimum absolute atomic E-state index is 0.131. The monoisotopic (exact) mass is 343 g/mol. The first-order valence-corrected chi connectivity index (χ1v) is 8.23. The van der Waals surface area contributed by atoms with Crippen molar-refractivity contribution in [1.82, 2.24) is 10.2 Å². The standard InChI is InChI=1S/C17H24F3N3O/c18-17(19,20)12-23-9-6-13(7-10-23)5-8-22-16(24)15-3-1-14(11-21)2-4-15/h1-4,13H,5-12,21H2,(H,22,24). The van der Waals surface area contributed by atoms with Gasteiger partial charge in [-0.1, -0.05) is 12.1 Å². The molecular formula is C17H24F3N3O. The number of likely N-dealkylation sites (tertiary alicyclic amines) is 1. The van der Waals surface area contributed by atoms with E-state index in [-0.39, 0.29) is 5.91 Å². The zero-order valence-corrected chi connectivity index (χ0v) is 13.6. The third-order valence-electron chi connectivity index (χ3n) is 4.40. The van der Waals surface area contributed by atoms with Gasteiger partial charge in [0.1, 0.15) is 0 Å². The van der Waals surface area contributed by atoms with E-state index in [1.165, 1.54) is 4.90 Å². The smallest absolute Gasteiger partial charge is 0.352 e. The molecule has 134 valence electrons. The molecule has 2 rings (SSSR count). The molecule has 7 heteroatoms. The van der Waals surface area contributed by atoms with Crippen molar-refractivity contribution in [2.45, 2.75) is 32.0 Å². The van der Waals surface area contributed by atoms with Crippen LogP contribution >= 0.6 is 0 Å². The Hall–Kier alpha value is -1.60. The van der Waals surface area contributed by atoms with E-state index < -0.39 is 12.7 Å². The fourth-order valence-electron chi connectivity index (χ4n) is 2.97. The Kier molecular flexibility index (Phi) is 6.62. The molecule has 0 bridgehead atoms. The number of amides is 1. The first kappa shape index (κ1) is 18.7. The first-order valence-electron chi connectivity index (χ1n) is 8.23. The molecule has 24 heavy (non-hydrogen) atoms. The van der Waals surface area contributed by atoms with E-state index in [1.807, 2.05) is 12.1 Å². The van der Waals surface area contributed by atoms with Gasteiger partial charge >= 0.3 is 6.18 Å². The van der Waals surface area contributed by atoms with E-state index in [1.54, 1.807) is 12.1 Å². The molecule has 0 radical (unpaired) electrons. The molecule has 1 aliphatic rings. The van der Waals surface area contributed by atoms with Crippen LogP contribution in [0, 0.1) is 5.92 Å². The summed E-state index contributed by atoms with van der Waals surface area (Å²) in [6, 6.07) is 7.14. The summed E-state index contributed by atoms with van der Waals surface area (Å²) < 4.78 is 37.0. The van der Waals surface area contributed by atoms with E-state index >= 15 is 0 Å². The Labute approximate surface area is 140 Å². The third-order valence-corrected chi connectivity index (χ3v) is 4.40. The number of carbonyl (C=O) groups is 1. The Morgan fingerprint density at radius 2 is 1.83 bits per heavy atom. The Bertz CT molecular complexity index is 523. The van der Waals surface area contributed by atoms with Crippen molar-refractivity contribution in [3.05, 3.63) is 35.4 Å². The van der Waals surface area contributed by atoms with Gasteiger partial charge in [-0.25, -0.2) is 0 Å². The van der Waals surface area contributed by atoms with Crippen LogP contribution in [0.25, 0.3) is 0 Å². The lowest BCUT2D eigenvalue weighted by Crippen LogP contribution is -2.40. The molecule has 0 saturated carbocycles. The lowest BCUT2D eigenvalue weighted by Gasteiger charge is -2.32. The maximum atomic E-state index is 12.3. The molecule has 1 heterocycles. The van der Waals surface area contributed by atoms with Gasteiger partial charge in [-0.05, 0) is 56.0 Å². The maximum absolute atomic E-state index is 12.3. The molecule has 0 spiro atoms. The second-order valence-corrected chi connectivity index (χ2v) is 6.28. The maximum Gasteiger partial charge on any atom is 0.401 e. The highest BCUT2D eigenvalue weighted by atomic mass is 19.4. The van der Waals surface area contributed by atoms with Gasteiger partial charge in [-0.3, -0.25) is 9.69 Å². The molecule has 1 aromatic carbocycles. The van der Waals surface area contributed by atoms with Crippen LogP contribution in [0.15, 0.2) is 24.3 Å². The van der Waals surface area contributed by atoms with E-state index in [0.717, 1.165) is 24.8 Å². The van der Waals surface area contributed by atoms with E-state index in [2.05, 4.69) is 5.32 Å². The molecule has 3 N–H and O–H groups in total. The van der Waals surface area contributed by atoms with Gasteiger partial charge in [-0.15, -0.1) is 0 Å². The zero-order chi connectivity index (χ0) is 17.6. The normalized spacial score (nSPS) is 17.0. The molecule has 4 nitrogen and oxygen atoms in total. The topological polar surface area (TPSA) is 58.4 Å². The summed E-state index contributed by atoms with van der Waals surface area (Å²) in [4.78, 5) is 13.5. The first-order chi connectivity index (χ1) is 11.4. The fraction of sp³-hybridized carbons (Fsp3) is 0.588. The van der Waals surface area contributed by atoms with Crippen molar-refractivity contribution >= 4 is 5.91 Å². The highest BCUT2D eigenvalue weighted by molar-refractivity contribution is 5.94. The van der Waals surface area contributed by atoms with Crippen LogP contribution in [0.3, 0.4) is 0 Å². The Balaban J connectivity index is 1.66. The number of benzene rings is 1. The summed E-state index contributed by atoms with van der Waals surface area (Å²) in [5.74, 6) is 0.238. The number of nitrogens with two attached hydrogens (primary N) is 1. The lowest BCUT2D eigenvalue weighted by molar-refractivity contribution is -0.148. The lowest BCUT2D eigenvalue weighted by atomic mass is 9.93. The molecule has 1 amide bonds. The second-order valence-electron chi connectivity index (χ2n) is 6.28. The number of halogens is 3.